The number of furan rings is 1. The summed E-state index contributed by atoms with van der Waals surface area (Å²) in [6.45, 7) is 19.4. The largest absolute Gasteiger partial charge is 0.512 e. The number of benzene rings is 2. The van der Waals surface area contributed by atoms with Crippen molar-refractivity contribution >= 4 is 27.5 Å². The fraction of sp³-hybridized carbons (Fsp3) is 0.444. The summed E-state index contributed by atoms with van der Waals surface area (Å²) in [5, 5.41) is 13.2. The van der Waals surface area contributed by atoms with Gasteiger partial charge in [0.25, 0.3) is 0 Å². The van der Waals surface area contributed by atoms with Gasteiger partial charge in [0.1, 0.15) is 11.3 Å². The number of aliphatic hydroxyl groups excluding tert-OH is 1. The molecule has 0 bridgehead atoms. The minimum atomic E-state index is -0.00454. The fourth-order valence-corrected chi connectivity index (χ4v) is 7.35. The number of hydrogen-bond acceptors (Lipinski definition) is 5. The summed E-state index contributed by atoms with van der Waals surface area (Å²) in [6, 6.07) is 18.7. The number of ketones is 1. The molecule has 0 unspecified atom stereocenters. The van der Waals surface area contributed by atoms with Crippen molar-refractivity contribution < 1.29 is 34.4 Å². The van der Waals surface area contributed by atoms with Gasteiger partial charge in [-0.05, 0) is 73.1 Å². The monoisotopic (exact) mass is 864 g/mol. The van der Waals surface area contributed by atoms with E-state index in [1.165, 1.54) is 28.2 Å². The SMILES string of the molecule is CC(C)Cc1ccnc2c1CCc1oc3c(-c4[c-]c5ccccc5c(C(C)(C)C)c4)nccc3c1-2.CCC(CC)C(=O)/C=C(\O)C(CC)CC.[Ir]. The maximum Gasteiger partial charge on any atom is 0.162 e. The average Bonchev–Trinajstić information content (AvgIpc) is 3.48. The number of rotatable bonds is 10. The molecular formula is C45H55IrN2O3-. The molecule has 2 aromatic carbocycles. The van der Waals surface area contributed by atoms with Crippen LogP contribution in [0.2, 0.25) is 0 Å². The minimum absolute atomic E-state index is 0. The quantitative estimate of drug-likeness (QED) is 0.0860. The van der Waals surface area contributed by atoms with Gasteiger partial charge in [-0.15, -0.1) is 29.1 Å². The molecule has 0 fully saturated rings. The van der Waals surface area contributed by atoms with Gasteiger partial charge < -0.3 is 9.52 Å². The van der Waals surface area contributed by atoms with Gasteiger partial charge >= 0.3 is 0 Å². The van der Waals surface area contributed by atoms with E-state index < -0.39 is 0 Å². The summed E-state index contributed by atoms with van der Waals surface area (Å²) in [5.41, 5.74) is 8.98. The number of fused-ring (bicyclic) bond motifs is 6. The number of pyridine rings is 2. The number of aromatic nitrogens is 2. The van der Waals surface area contributed by atoms with Crippen LogP contribution in [0.3, 0.4) is 0 Å². The average molecular weight is 864 g/mol. The molecule has 1 radical (unpaired) electrons. The van der Waals surface area contributed by atoms with E-state index in [1.807, 2.05) is 40.1 Å². The second kappa shape index (κ2) is 17.3. The zero-order valence-electron chi connectivity index (χ0n) is 31.9. The van der Waals surface area contributed by atoms with Gasteiger partial charge in [-0.2, -0.15) is 0 Å². The summed E-state index contributed by atoms with van der Waals surface area (Å²) in [5.74, 6) is 2.18. The van der Waals surface area contributed by atoms with Gasteiger partial charge in [0.05, 0.1) is 11.5 Å². The van der Waals surface area contributed by atoms with Crippen LogP contribution >= 0.6 is 0 Å². The number of aliphatic hydroxyl groups is 1. The topological polar surface area (TPSA) is 76.2 Å². The van der Waals surface area contributed by atoms with Crippen LogP contribution in [0.4, 0.5) is 0 Å². The molecule has 0 atom stereocenters. The van der Waals surface area contributed by atoms with Crippen LogP contribution in [-0.2, 0) is 49.6 Å². The first-order valence-corrected chi connectivity index (χ1v) is 18.7. The number of aryl methyl sites for hydroxylation is 1. The van der Waals surface area contributed by atoms with Crippen molar-refractivity contribution in [2.75, 3.05) is 0 Å². The molecule has 0 spiro atoms. The molecule has 3 heterocycles. The molecule has 1 aliphatic rings. The summed E-state index contributed by atoms with van der Waals surface area (Å²) >= 11 is 0. The van der Waals surface area contributed by atoms with Crippen LogP contribution in [0.25, 0.3) is 44.3 Å². The Hall–Kier alpha value is -3.60. The number of carbonyl (C=O) groups excluding carboxylic acids is 1. The number of nitrogens with zero attached hydrogens (tertiary/aromatic N) is 2. The standard InChI is InChI=1S/C32H31N2O.C13H24O2.Ir/c1-19(2)16-21-12-14-34-30-24(21)10-11-27-28(30)25-13-15-33-29(31(25)35-27)22-17-20-8-6-7-9-23(20)26(18-22)32(3,4)5;1-5-10(6-2)12(14)9-13(15)11(7-3)8-4;/h6-9,12-15,18-19H,10-11,16H2,1-5H3;9-11,14H,5-8H2,1-4H3;/q-1;;/b;12-9-;. The minimum Gasteiger partial charge on any atom is -0.512 e. The van der Waals surface area contributed by atoms with Gasteiger partial charge in [0, 0.05) is 73.5 Å². The first-order valence-electron chi connectivity index (χ1n) is 18.7. The molecule has 273 valence electrons. The van der Waals surface area contributed by atoms with Crippen molar-refractivity contribution in [3.8, 4) is 22.5 Å². The molecule has 5 aromatic rings. The predicted octanol–water partition coefficient (Wildman–Crippen LogP) is 12.0. The molecule has 3 aromatic heterocycles. The zero-order chi connectivity index (χ0) is 36.2. The van der Waals surface area contributed by atoms with Crippen molar-refractivity contribution in [3.05, 3.63) is 95.2 Å². The summed E-state index contributed by atoms with van der Waals surface area (Å²) in [6.07, 6.45) is 11.7. The molecule has 51 heavy (non-hydrogen) atoms. The van der Waals surface area contributed by atoms with Crippen molar-refractivity contribution in [2.45, 2.75) is 113 Å². The molecule has 0 saturated heterocycles. The Morgan fingerprint density at radius 1 is 0.902 bits per heavy atom. The molecule has 1 aliphatic carbocycles. The smallest absolute Gasteiger partial charge is 0.162 e. The Morgan fingerprint density at radius 2 is 1.55 bits per heavy atom. The summed E-state index contributed by atoms with van der Waals surface area (Å²) in [4.78, 5) is 21.4. The third kappa shape index (κ3) is 8.72. The molecule has 6 heteroatoms. The molecule has 0 saturated carbocycles. The zero-order valence-corrected chi connectivity index (χ0v) is 34.3. The summed E-state index contributed by atoms with van der Waals surface area (Å²) in [7, 11) is 0. The van der Waals surface area contributed by atoms with Gasteiger partial charge in [0.2, 0.25) is 0 Å². The van der Waals surface area contributed by atoms with Gasteiger partial charge in [0.15, 0.2) is 5.78 Å². The third-order valence-electron chi connectivity index (χ3n) is 10.2. The van der Waals surface area contributed by atoms with Crippen molar-refractivity contribution in [3.63, 3.8) is 0 Å². The number of carbonyl (C=O) groups is 1. The molecular weight excluding hydrogens is 809 g/mol. The Bertz CT molecular complexity index is 1990. The fourth-order valence-electron chi connectivity index (χ4n) is 7.35. The third-order valence-corrected chi connectivity index (χ3v) is 10.2. The van der Waals surface area contributed by atoms with Crippen LogP contribution in [0.1, 0.15) is 110 Å². The van der Waals surface area contributed by atoms with Gasteiger partial charge in [-0.25, -0.2) is 0 Å². The van der Waals surface area contributed by atoms with Gasteiger partial charge in [-0.1, -0.05) is 91.5 Å². The van der Waals surface area contributed by atoms with Crippen LogP contribution in [0, 0.1) is 23.8 Å². The maximum atomic E-state index is 11.7. The van der Waals surface area contributed by atoms with E-state index in [0.717, 1.165) is 89.6 Å². The van der Waals surface area contributed by atoms with Crippen molar-refractivity contribution in [1.82, 2.24) is 9.97 Å². The molecule has 5 nitrogen and oxygen atoms in total. The van der Waals surface area contributed by atoms with Gasteiger partial charge in [-0.3, -0.25) is 14.8 Å². The molecule has 6 rings (SSSR count). The molecule has 0 aliphatic heterocycles. The van der Waals surface area contributed by atoms with E-state index in [9.17, 15) is 9.90 Å². The van der Waals surface area contributed by atoms with Crippen LogP contribution in [0.15, 0.2) is 71.1 Å². The first kappa shape index (κ1) is 40.2. The van der Waals surface area contributed by atoms with E-state index in [1.54, 1.807) is 0 Å². The number of hydrogen-bond donors (Lipinski definition) is 1. The van der Waals surface area contributed by atoms with Crippen LogP contribution < -0.4 is 0 Å². The van der Waals surface area contributed by atoms with Crippen LogP contribution in [-0.4, -0.2) is 20.9 Å². The van der Waals surface area contributed by atoms with E-state index >= 15 is 0 Å². The first-order chi connectivity index (χ1) is 23.9. The van der Waals surface area contributed by atoms with E-state index in [2.05, 4.69) is 83.1 Å². The maximum absolute atomic E-state index is 11.7. The Balaban J connectivity index is 0.000000312. The predicted molar refractivity (Wildman–Crippen MR) is 208 cm³/mol. The van der Waals surface area contributed by atoms with Crippen molar-refractivity contribution in [1.29, 1.82) is 0 Å². The van der Waals surface area contributed by atoms with E-state index in [4.69, 9.17) is 14.4 Å². The van der Waals surface area contributed by atoms with Crippen molar-refractivity contribution in [2.24, 2.45) is 17.8 Å². The second-order valence-corrected chi connectivity index (χ2v) is 15.2. The van der Waals surface area contributed by atoms with E-state index in [0.29, 0.717) is 5.92 Å². The Labute approximate surface area is 318 Å². The van der Waals surface area contributed by atoms with E-state index in [-0.39, 0.29) is 48.9 Å². The normalized spacial score (nSPS) is 12.9. The molecule has 0 amide bonds. The Morgan fingerprint density at radius 3 is 2.20 bits per heavy atom. The number of allylic oxidation sites excluding steroid dienone is 2. The summed E-state index contributed by atoms with van der Waals surface area (Å²) < 4.78 is 6.57. The second-order valence-electron chi connectivity index (χ2n) is 15.2. The van der Waals surface area contributed by atoms with Crippen LogP contribution in [0.5, 0.6) is 0 Å². The Kier molecular flexibility index (Phi) is 13.6. The molecule has 1 N–H and O–H groups in total.